The van der Waals surface area contributed by atoms with E-state index in [2.05, 4.69) is 0 Å². The van der Waals surface area contributed by atoms with Gasteiger partial charge in [0.05, 0.1) is 10.9 Å². The van der Waals surface area contributed by atoms with Crippen molar-refractivity contribution in [2.75, 3.05) is 0 Å². The molecule has 27 heavy (non-hydrogen) atoms. The Labute approximate surface area is 156 Å². The van der Waals surface area contributed by atoms with E-state index in [0.717, 1.165) is 9.87 Å². The minimum absolute atomic E-state index is 0.0429. The fourth-order valence-electron chi connectivity index (χ4n) is 3.32. The van der Waals surface area contributed by atoms with Crippen molar-refractivity contribution in [3.05, 3.63) is 101 Å². The molecule has 136 valence electrons. The maximum Gasteiger partial charge on any atom is 0.268 e. The highest BCUT2D eigenvalue weighted by Crippen LogP contribution is 2.41. The van der Waals surface area contributed by atoms with Crippen molar-refractivity contribution in [1.29, 1.82) is 0 Å². The first kappa shape index (κ1) is 17.4. The van der Waals surface area contributed by atoms with Gasteiger partial charge in [0, 0.05) is 5.56 Å². The molecule has 3 aromatic carbocycles. The summed E-state index contributed by atoms with van der Waals surface area (Å²) in [5, 5.41) is 0. The lowest BCUT2D eigenvalue weighted by molar-refractivity contribution is 0.0865. The minimum Gasteiger partial charge on any atom is -0.268 e. The van der Waals surface area contributed by atoms with E-state index >= 15 is 0 Å². The van der Waals surface area contributed by atoms with E-state index in [1.807, 2.05) is 6.92 Å². The monoisotopic (exact) mass is 381 g/mol. The molecule has 3 aromatic rings. The molecular formula is C21H16FNO3S. The first-order chi connectivity index (χ1) is 12.9. The van der Waals surface area contributed by atoms with Gasteiger partial charge in [0.2, 0.25) is 0 Å². The molecule has 0 N–H and O–H groups in total. The Kier molecular flexibility index (Phi) is 4.08. The summed E-state index contributed by atoms with van der Waals surface area (Å²) in [5.74, 6) is -1.01. The number of nitrogens with zero attached hydrogens (tertiary/aromatic N) is 1. The lowest BCUT2D eigenvalue weighted by atomic mass is 9.98. The number of benzene rings is 3. The molecule has 0 aromatic heterocycles. The summed E-state index contributed by atoms with van der Waals surface area (Å²) >= 11 is 0. The highest BCUT2D eigenvalue weighted by atomic mass is 32.2. The van der Waals surface area contributed by atoms with Crippen molar-refractivity contribution in [3.63, 3.8) is 0 Å². The predicted molar refractivity (Wildman–Crippen MR) is 99.2 cm³/mol. The minimum atomic E-state index is -4.09. The smallest absolute Gasteiger partial charge is 0.268 e. The van der Waals surface area contributed by atoms with Crippen LogP contribution in [0.25, 0.3) is 0 Å². The number of halogens is 1. The normalized spacial score (nSPS) is 16.4. The Morgan fingerprint density at radius 1 is 0.889 bits per heavy atom. The molecule has 1 aliphatic rings. The molecule has 1 heterocycles. The Hall–Kier alpha value is -2.99. The summed E-state index contributed by atoms with van der Waals surface area (Å²) in [4.78, 5) is 13.0. The number of rotatable bonds is 3. The highest BCUT2D eigenvalue weighted by Gasteiger charge is 2.45. The molecule has 1 atom stereocenters. The Morgan fingerprint density at radius 3 is 2.19 bits per heavy atom. The predicted octanol–water partition coefficient (Wildman–Crippen LogP) is 4.07. The summed E-state index contributed by atoms with van der Waals surface area (Å²) in [6, 6.07) is 17.8. The molecule has 0 spiro atoms. The number of carbonyl (C=O) groups excluding carboxylic acids is 1. The van der Waals surface area contributed by atoms with Gasteiger partial charge >= 0.3 is 0 Å². The second-order valence-electron chi connectivity index (χ2n) is 6.46. The molecule has 0 radical (unpaired) electrons. The van der Waals surface area contributed by atoms with Crippen LogP contribution < -0.4 is 0 Å². The van der Waals surface area contributed by atoms with Crippen LogP contribution in [-0.4, -0.2) is 18.6 Å². The molecule has 0 bridgehead atoms. The number of hydrogen-bond donors (Lipinski definition) is 0. The van der Waals surface area contributed by atoms with Crippen LogP contribution in [0.4, 0.5) is 4.39 Å². The molecule has 1 amide bonds. The molecule has 1 aliphatic heterocycles. The molecule has 0 saturated heterocycles. The van der Waals surface area contributed by atoms with Gasteiger partial charge in [-0.3, -0.25) is 4.79 Å². The van der Waals surface area contributed by atoms with Crippen LogP contribution in [0.1, 0.15) is 33.1 Å². The fourth-order valence-corrected chi connectivity index (χ4v) is 4.86. The average molecular weight is 381 g/mol. The van der Waals surface area contributed by atoms with Gasteiger partial charge in [-0.05, 0) is 48.4 Å². The molecular weight excluding hydrogens is 365 g/mol. The molecule has 0 aliphatic carbocycles. The third-order valence-electron chi connectivity index (χ3n) is 4.68. The molecule has 0 saturated carbocycles. The zero-order valence-corrected chi connectivity index (χ0v) is 15.3. The zero-order valence-electron chi connectivity index (χ0n) is 14.5. The van der Waals surface area contributed by atoms with Gasteiger partial charge in [0.25, 0.3) is 15.9 Å². The molecule has 4 nitrogen and oxygen atoms in total. The second-order valence-corrected chi connectivity index (χ2v) is 8.28. The number of amides is 1. The standard InChI is InChI=1S/C21H16FNO3S/c1-14-6-12-17(13-7-14)27(25,26)23-20(15-8-10-16(22)11-9-15)18-4-2-3-5-19(18)21(23)24/h2-13,20H,1H3. The lowest BCUT2D eigenvalue weighted by Gasteiger charge is -2.25. The van der Waals surface area contributed by atoms with Crippen LogP contribution in [0.15, 0.2) is 77.7 Å². The largest absolute Gasteiger partial charge is 0.268 e. The number of hydrogen-bond acceptors (Lipinski definition) is 3. The number of carbonyl (C=O) groups is 1. The number of fused-ring (bicyclic) bond motifs is 1. The van der Waals surface area contributed by atoms with Crippen LogP contribution in [0.2, 0.25) is 0 Å². The topological polar surface area (TPSA) is 54.5 Å². The van der Waals surface area contributed by atoms with Crippen molar-refractivity contribution in [2.24, 2.45) is 0 Å². The number of sulfonamides is 1. The van der Waals surface area contributed by atoms with Gasteiger partial charge < -0.3 is 0 Å². The maximum absolute atomic E-state index is 13.4. The second kappa shape index (κ2) is 6.32. The summed E-state index contributed by atoms with van der Waals surface area (Å²) in [6.45, 7) is 1.86. The SMILES string of the molecule is Cc1ccc(S(=O)(=O)N2C(=O)c3ccccc3C2c2ccc(F)cc2)cc1. The van der Waals surface area contributed by atoms with Crippen molar-refractivity contribution in [1.82, 2.24) is 4.31 Å². The van der Waals surface area contributed by atoms with Gasteiger partial charge in [0.15, 0.2) is 0 Å². The van der Waals surface area contributed by atoms with Gasteiger partial charge in [-0.25, -0.2) is 17.1 Å². The van der Waals surface area contributed by atoms with Crippen molar-refractivity contribution >= 4 is 15.9 Å². The van der Waals surface area contributed by atoms with E-state index in [4.69, 9.17) is 0 Å². The Bertz CT molecular complexity index is 1120. The van der Waals surface area contributed by atoms with Gasteiger partial charge in [0.1, 0.15) is 5.82 Å². The Morgan fingerprint density at radius 2 is 1.52 bits per heavy atom. The van der Waals surface area contributed by atoms with Crippen LogP contribution in [0.5, 0.6) is 0 Å². The fraction of sp³-hybridized carbons (Fsp3) is 0.0952. The molecule has 4 rings (SSSR count). The van der Waals surface area contributed by atoms with Crippen molar-refractivity contribution in [3.8, 4) is 0 Å². The number of aryl methyl sites for hydroxylation is 1. The third-order valence-corrected chi connectivity index (χ3v) is 6.45. The zero-order chi connectivity index (χ0) is 19.2. The van der Waals surface area contributed by atoms with Crippen molar-refractivity contribution < 1.29 is 17.6 Å². The van der Waals surface area contributed by atoms with Crippen LogP contribution in [0.3, 0.4) is 0 Å². The van der Waals surface area contributed by atoms with E-state index < -0.39 is 27.8 Å². The van der Waals surface area contributed by atoms with E-state index in [1.54, 1.807) is 36.4 Å². The van der Waals surface area contributed by atoms with Gasteiger partial charge in [-0.2, -0.15) is 0 Å². The average Bonchev–Trinajstić information content (AvgIpc) is 2.96. The summed E-state index contributed by atoms with van der Waals surface area (Å²) in [7, 11) is -4.09. The molecule has 6 heteroatoms. The maximum atomic E-state index is 13.4. The van der Waals surface area contributed by atoms with Crippen molar-refractivity contribution in [2.45, 2.75) is 17.9 Å². The quantitative estimate of drug-likeness (QED) is 0.687. The molecule has 1 unspecified atom stereocenters. The lowest BCUT2D eigenvalue weighted by Crippen LogP contribution is -2.35. The van der Waals surface area contributed by atoms with E-state index in [0.29, 0.717) is 16.7 Å². The van der Waals surface area contributed by atoms with Crippen LogP contribution >= 0.6 is 0 Å². The van der Waals surface area contributed by atoms with Gasteiger partial charge in [-0.15, -0.1) is 0 Å². The van der Waals surface area contributed by atoms with Crippen LogP contribution in [-0.2, 0) is 10.0 Å². The third kappa shape index (κ3) is 2.82. The first-order valence-corrected chi connectivity index (χ1v) is 9.83. The van der Waals surface area contributed by atoms with Crippen LogP contribution in [0, 0.1) is 12.7 Å². The highest BCUT2D eigenvalue weighted by molar-refractivity contribution is 7.89. The summed E-state index contributed by atoms with van der Waals surface area (Å²) in [6.07, 6.45) is 0. The van der Waals surface area contributed by atoms with Gasteiger partial charge in [-0.1, -0.05) is 48.0 Å². The first-order valence-electron chi connectivity index (χ1n) is 8.39. The van der Waals surface area contributed by atoms with E-state index in [-0.39, 0.29) is 4.90 Å². The Balaban J connectivity index is 1.91. The van der Waals surface area contributed by atoms with E-state index in [1.165, 1.54) is 36.4 Å². The summed E-state index contributed by atoms with van der Waals surface area (Å²) < 4.78 is 40.9. The summed E-state index contributed by atoms with van der Waals surface area (Å²) in [5.41, 5.74) is 2.37. The molecule has 0 fully saturated rings. The van der Waals surface area contributed by atoms with E-state index in [9.17, 15) is 17.6 Å².